The van der Waals surface area contributed by atoms with Crippen LogP contribution in [0.3, 0.4) is 0 Å². The maximum Gasteiger partial charge on any atom is 0.408 e. The minimum absolute atomic E-state index is 0.0671. The first kappa shape index (κ1) is 29.8. The fourth-order valence-corrected chi connectivity index (χ4v) is 7.05. The Balaban J connectivity index is 1.19. The van der Waals surface area contributed by atoms with Gasteiger partial charge in [-0.15, -0.1) is 0 Å². The van der Waals surface area contributed by atoms with Crippen molar-refractivity contribution in [1.29, 1.82) is 0 Å². The summed E-state index contributed by atoms with van der Waals surface area (Å²) in [6.45, 7) is 6.55. The number of nitrogens with one attached hydrogen (secondary N) is 2. The molecule has 2 aromatic carbocycles. The average molecular weight is 576 g/mol. The number of alkyl carbamates (subject to hydrolysis) is 1. The number of carboxylic acids is 1. The lowest BCUT2D eigenvalue weighted by Gasteiger charge is -2.71. The number of aliphatic carboxylic acids is 1. The Morgan fingerprint density at radius 1 is 1.00 bits per heavy atom. The molecule has 3 N–H and O–H groups in total. The molecule has 6 rings (SSSR count). The van der Waals surface area contributed by atoms with E-state index in [-0.39, 0.29) is 22.6 Å². The van der Waals surface area contributed by atoms with E-state index in [1.54, 1.807) is 0 Å². The summed E-state index contributed by atoms with van der Waals surface area (Å²) in [5.74, 6) is -1.30. The SMILES string of the molecule is CC(C)(C)OC(=O)NC12CC(CC(NC(=O)[C@@H]3Cc4ccccc4CN3CCCC(=O)c3ccccc3)C(=O)O)(C1)C2. The van der Waals surface area contributed by atoms with E-state index in [1.165, 1.54) is 0 Å². The number of nitrogens with zero attached hydrogens (tertiary/aromatic N) is 1. The summed E-state index contributed by atoms with van der Waals surface area (Å²) in [7, 11) is 0. The van der Waals surface area contributed by atoms with Gasteiger partial charge in [-0.3, -0.25) is 14.5 Å². The van der Waals surface area contributed by atoms with Crippen molar-refractivity contribution < 1.29 is 29.0 Å². The summed E-state index contributed by atoms with van der Waals surface area (Å²) < 4.78 is 5.38. The molecule has 0 radical (unpaired) electrons. The van der Waals surface area contributed by atoms with E-state index >= 15 is 0 Å². The van der Waals surface area contributed by atoms with Gasteiger partial charge >= 0.3 is 12.1 Å². The molecule has 1 heterocycles. The minimum atomic E-state index is -1.06. The maximum absolute atomic E-state index is 13.6. The Morgan fingerprint density at radius 3 is 2.29 bits per heavy atom. The Morgan fingerprint density at radius 2 is 1.64 bits per heavy atom. The first-order valence-corrected chi connectivity index (χ1v) is 14.8. The Labute approximate surface area is 247 Å². The molecule has 9 heteroatoms. The summed E-state index contributed by atoms with van der Waals surface area (Å²) in [6, 6.07) is 15.6. The van der Waals surface area contributed by atoms with Crippen molar-refractivity contribution in [3.05, 3.63) is 71.3 Å². The Hall–Kier alpha value is -3.72. The third kappa shape index (κ3) is 6.67. The van der Waals surface area contributed by atoms with E-state index in [2.05, 4.69) is 21.6 Å². The summed E-state index contributed by atoms with van der Waals surface area (Å²) in [4.78, 5) is 52.9. The molecule has 224 valence electrons. The molecule has 0 aromatic heterocycles. The number of amides is 2. The highest BCUT2D eigenvalue weighted by Gasteiger charge is 2.69. The fraction of sp³-hybridized carbons (Fsp3) is 0.515. The number of carboxylic acid groups (broad SMARTS) is 1. The van der Waals surface area contributed by atoms with Gasteiger partial charge in [-0.2, -0.15) is 0 Å². The summed E-state index contributed by atoms with van der Waals surface area (Å²) in [5.41, 5.74) is 1.77. The van der Waals surface area contributed by atoms with E-state index in [4.69, 9.17) is 4.74 Å². The zero-order valence-electron chi connectivity index (χ0n) is 24.7. The molecule has 4 aliphatic rings. The highest BCUT2D eigenvalue weighted by Crippen LogP contribution is 2.69. The number of Topliss-reactive ketones (excluding diaryl/α,β-unsaturated/α-hetero) is 1. The molecular weight excluding hydrogens is 534 g/mol. The van der Waals surface area contributed by atoms with E-state index in [0.29, 0.717) is 63.6 Å². The van der Waals surface area contributed by atoms with Crippen molar-refractivity contribution in [1.82, 2.24) is 15.5 Å². The third-order valence-corrected chi connectivity index (χ3v) is 8.75. The van der Waals surface area contributed by atoms with Crippen molar-refractivity contribution in [3.63, 3.8) is 0 Å². The molecular formula is C33H41N3O6. The van der Waals surface area contributed by atoms with Gasteiger partial charge in [0, 0.05) is 24.1 Å². The summed E-state index contributed by atoms with van der Waals surface area (Å²) in [5, 5.41) is 15.8. The molecule has 2 aromatic rings. The van der Waals surface area contributed by atoms with Crippen LogP contribution >= 0.6 is 0 Å². The lowest BCUT2D eigenvalue weighted by atomic mass is 9.38. The number of fused-ring (bicyclic) bond motifs is 1. The predicted molar refractivity (Wildman–Crippen MR) is 157 cm³/mol. The number of ether oxygens (including phenoxy) is 1. The summed E-state index contributed by atoms with van der Waals surface area (Å²) >= 11 is 0. The lowest BCUT2D eigenvalue weighted by molar-refractivity contribution is -0.170. The van der Waals surface area contributed by atoms with Gasteiger partial charge in [0.15, 0.2) is 5.78 Å². The zero-order chi connectivity index (χ0) is 30.1. The van der Waals surface area contributed by atoms with E-state index in [9.17, 15) is 24.3 Å². The molecule has 9 nitrogen and oxygen atoms in total. The molecule has 3 saturated carbocycles. The molecule has 3 fully saturated rings. The monoisotopic (exact) mass is 575 g/mol. The average Bonchev–Trinajstić information content (AvgIpc) is 2.89. The molecule has 0 saturated heterocycles. The van der Waals surface area contributed by atoms with Gasteiger partial charge in [0.25, 0.3) is 0 Å². The van der Waals surface area contributed by atoms with Crippen LogP contribution in [0.25, 0.3) is 0 Å². The van der Waals surface area contributed by atoms with Gasteiger partial charge in [0.1, 0.15) is 11.6 Å². The number of hydrogen-bond acceptors (Lipinski definition) is 6. The van der Waals surface area contributed by atoms with Crippen LogP contribution in [0.4, 0.5) is 4.79 Å². The molecule has 2 atom stereocenters. The number of carbonyl (C=O) groups is 4. The topological polar surface area (TPSA) is 125 Å². The fourth-order valence-electron chi connectivity index (χ4n) is 7.05. The van der Waals surface area contributed by atoms with Gasteiger partial charge in [-0.25, -0.2) is 9.59 Å². The number of hydrogen-bond donors (Lipinski definition) is 3. The number of rotatable bonds is 11. The van der Waals surface area contributed by atoms with Crippen LogP contribution in [-0.2, 0) is 27.3 Å². The molecule has 1 unspecified atom stereocenters. The first-order valence-electron chi connectivity index (χ1n) is 14.8. The van der Waals surface area contributed by atoms with Crippen LogP contribution in [0, 0.1) is 5.41 Å². The summed E-state index contributed by atoms with van der Waals surface area (Å²) in [6.07, 6.45) is 3.34. The number of benzene rings is 2. The highest BCUT2D eigenvalue weighted by molar-refractivity contribution is 5.96. The number of ketones is 1. The van der Waals surface area contributed by atoms with Crippen LogP contribution in [0.15, 0.2) is 54.6 Å². The van der Waals surface area contributed by atoms with Crippen molar-refractivity contribution in [2.24, 2.45) is 5.41 Å². The Bertz CT molecular complexity index is 1330. The van der Waals surface area contributed by atoms with Gasteiger partial charge in [0.05, 0.1) is 6.04 Å². The normalized spacial score (nSPS) is 25.2. The lowest BCUT2D eigenvalue weighted by Crippen LogP contribution is -2.76. The predicted octanol–water partition coefficient (Wildman–Crippen LogP) is 4.48. The second-order valence-corrected chi connectivity index (χ2v) is 13.4. The van der Waals surface area contributed by atoms with Gasteiger partial charge < -0.3 is 20.5 Å². The van der Waals surface area contributed by atoms with E-state index < -0.39 is 29.7 Å². The van der Waals surface area contributed by atoms with E-state index in [0.717, 1.165) is 11.1 Å². The third-order valence-electron chi connectivity index (χ3n) is 8.75. The molecule has 0 spiro atoms. The minimum Gasteiger partial charge on any atom is -0.480 e. The standard InChI is InChI=1S/C33H41N3O6/c1-31(2,3)42-30(41)35-33-19-32(20-33,21-33)17-25(29(39)40)34-28(38)26-16-23-12-7-8-13-24(23)18-36(26)15-9-14-27(37)22-10-5-4-6-11-22/h4-8,10-13,25-26H,9,14-21H2,1-3H3,(H,34,38)(H,35,41)(H,39,40)/t25?,26-,32?,33?/m0/s1. The smallest absolute Gasteiger partial charge is 0.408 e. The maximum atomic E-state index is 13.6. The molecule has 2 amide bonds. The first-order chi connectivity index (χ1) is 19.9. The quantitative estimate of drug-likeness (QED) is 0.337. The van der Waals surface area contributed by atoms with E-state index in [1.807, 2.05) is 69.3 Å². The zero-order valence-corrected chi connectivity index (χ0v) is 24.7. The second kappa shape index (κ2) is 11.5. The molecule has 3 aliphatic carbocycles. The number of carbonyl (C=O) groups excluding carboxylic acids is 3. The van der Waals surface area contributed by atoms with Crippen molar-refractivity contribution in [3.8, 4) is 0 Å². The van der Waals surface area contributed by atoms with Crippen LogP contribution in [-0.4, -0.2) is 63.5 Å². The van der Waals surface area contributed by atoms with Crippen LogP contribution in [0.1, 0.15) is 80.8 Å². The van der Waals surface area contributed by atoms with Gasteiger partial charge in [-0.1, -0.05) is 54.6 Å². The molecule has 42 heavy (non-hydrogen) atoms. The molecule has 2 bridgehead atoms. The van der Waals surface area contributed by atoms with Crippen LogP contribution < -0.4 is 10.6 Å². The van der Waals surface area contributed by atoms with Crippen LogP contribution in [0.5, 0.6) is 0 Å². The van der Waals surface area contributed by atoms with Crippen molar-refractivity contribution in [2.75, 3.05) is 6.54 Å². The van der Waals surface area contributed by atoms with Gasteiger partial charge in [-0.05, 0) is 82.4 Å². The van der Waals surface area contributed by atoms with Crippen LogP contribution in [0.2, 0.25) is 0 Å². The van der Waals surface area contributed by atoms with Crippen molar-refractivity contribution in [2.45, 2.75) is 95.5 Å². The van der Waals surface area contributed by atoms with Gasteiger partial charge in [0.2, 0.25) is 5.91 Å². The van der Waals surface area contributed by atoms with Crippen molar-refractivity contribution >= 4 is 23.8 Å². The second-order valence-electron chi connectivity index (χ2n) is 13.4. The Kier molecular flexibility index (Phi) is 8.16. The largest absolute Gasteiger partial charge is 0.480 e. The highest BCUT2D eigenvalue weighted by atomic mass is 16.6. The molecule has 1 aliphatic heterocycles.